The Bertz CT molecular complexity index is 827. The summed E-state index contributed by atoms with van der Waals surface area (Å²) in [7, 11) is 0. The van der Waals surface area contributed by atoms with Crippen molar-refractivity contribution in [2.24, 2.45) is 0 Å². The zero-order valence-electron chi connectivity index (χ0n) is 14.7. The number of esters is 1. The van der Waals surface area contributed by atoms with Crippen LogP contribution in [0.4, 0.5) is 0 Å². The van der Waals surface area contributed by atoms with Gasteiger partial charge in [0.15, 0.2) is 0 Å². The van der Waals surface area contributed by atoms with Gasteiger partial charge < -0.3 is 9.30 Å². The highest BCUT2D eigenvalue weighted by Crippen LogP contribution is 2.19. The minimum Gasteiger partial charge on any atom is -0.457 e. The zero-order chi connectivity index (χ0) is 18.4. The highest BCUT2D eigenvalue weighted by Gasteiger charge is 2.14. The van der Waals surface area contributed by atoms with Crippen LogP contribution in [0.2, 0.25) is 5.02 Å². The van der Waals surface area contributed by atoms with E-state index in [1.165, 1.54) is 0 Å². The van der Waals surface area contributed by atoms with Gasteiger partial charge in [0, 0.05) is 23.0 Å². The van der Waals surface area contributed by atoms with E-state index in [2.05, 4.69) is 11.5 Å². The molecule has 1 heterocycles. The molecule has 25 heavy (non-hydrogen) atoms. The fourth-order valence-electron chi connectivity index (χ4n) is 2.64. The fraction of sp³-hybridized carbons (Fsp3) is 0.300. The lowest BCUT2D eigenvalue weighted by Gasteiger charge is -2.07. The van der Waals surface area contributed by atoms with Gasteiger partial charge in [-0.1, -0.05) is 30.7 Å². The molecular weight excluding hydrogens is 336 g/mol. The number of aryl methyl sites for hydroxylation is 1. The molecule has 0 saturated carbocycles. The Kier molecular flexibility index (Phi) is 6.44. The predicted molar refractivity (Wildman–Crippen MR) is 99.0 cm³/mol. The van der Waals surface area contributed by atoms with Crippen molar-refractivity contribution in [3.05, 3.63) is 63.4 Å². The first-order valence-corrected chi connectivity index (χ1v) is 8.54. The van der Waals surface area contributed by atoms with E-state index in [4.69, 9.17) is 16.3 Å². The standard InChI is InChI=1S/C20H21ClN2O2/c1-4-9-23-14(2)10-17(15(23)3)11-18(12-22)20(24)25-13-16-5-7-19(21)8-6-16/h5-8,10-11H,4,9,13H2,1-3H3/b18-11+. The maximum Gasteiger partial charge on any atom is 0.349 e. The minimum absolute atomic E-state index is 0.00860. The molecule has 1 aromatic carbocycles. The number of hydrogen-bond donors (Lipinski definition) is 0. The molecule has 0 aliphatic carbocycles. The monoisotopic (exact) mass is 356 g/mol. The molecule has 0 radical (unpaired) electrons. The van der Waals surface area contributed by atoms with E-state index >= 15 is 0 Å². The van der Waals surface area contributed by atoms with Gasteiger partial charge in [-0.25, -0.2) is 4.79 Å². The molecule has 0 unspecified atom stereocenters. The lowest BCUT2D eigenvalue weighted by atomic mass is 10.1. The normalized spacial score (nSPS) is 11.2. The van der Waals surface area contributed by atoms with Crippen molar-refractivity contribution < 1.29 is 9.53 Å². The number of halogens is 1. The van der Waals surface area contributed by atoms with Crippen molar-refractivity contribution in [1.29, 1.82) is 5.26 Å². The third-order valence-electron chi connectivity index (χ3n) is 3.98. The lowest BCUT2D eigenvalue weighted by molar-refractivity contribution is -0.139. The van der Waals surface area contributed by atoms with Gasteiger partial charge >= 0.3 is 5.97 Å². The highest BCUT2D eigenvalue weighted by molar-refractivity contribution is 6.30. The number of nitriles is 1. The molecular formula is C20H21ClN2O2. The van der Waals surface area contributed by atoms with E-state index in [1.54, 1.807) is 30.3 Å². The van der Waals surface area contributed by atoms with Crippen molar-refractivity contribution in [3.8, 4) is 6.07 Å². The van der Waals surface area contributed by atoms with Crippen LogP contribution >= 0.6 is 11.6 Å². The van der Waals surface area contributed by atoms with Crippen LogP contribution in [0.1, 0.15) is 35.9 Å². The second-order valence-corrected chi connectivity index (χ2v) is 6.29. The summed E-state index contributed by atoms with van der Waals surface area (Å²) < 4.78 is 7.42. The smallest absolute Gasteiger partial charge is 0.349 e. The van der Waals surface area contributed by atoms with Crippen LogP contribution in [0, 0.1) is 25.2 Å². The van der Waals surface area contributed by atoms with E-state index < -0.39 is 5.97 Å². The van der Waals surface area contributed by atoms with Crippen molar-refractivity contribution in [2.45, 2.75) is 40.3 Å². The molecule has 0 N–H and O–H groups in total. The molecule has 0 amide bonds. The molecule has 0 atom stereocenters. The number of nitrogens with zero attached hydrogens (tertiary/aromatic N) is 2. The Morgan fingerprint density at radius 1 is 1.32 bits per heavy atom. The third-order valence-corrected chi connectivity index (χ3v) is 4.24. The van der Waals surface area contributed by atoms with Gasteiger partial charge in [0.2, 0.25) is 0 Å². The summed E-state index contributed by atoms with van der Waals surface area (Å²) in [5, 5.41) is 9.94. The molecule has 0 saturated heterocycles. The summed E-state index contributed by atoms with van der Waals surface area (Å²) in [5.41, 5.74) is 3.82. The van der Waals surface area contributed by atoms with Crippen LogP contribution in [0.3, 0.4) is 0 Å². The summed E-state index contributed by atoms with van der Waals surface area (Å²) in [4.78, 5) is 12.2. The summed E-state index contributed by atoms with van der Waals surface area (Å²) in [6, 6.07) is 10.9. The minimum atomic E-state index is -0.627. The Morgan fingerprint density at radius 3 is 2.60 bits per heavy atom. The van der Waals surface area contributed by atoms with Crippen LogP contribution in [-0.2, 0) is 22.7 Å². The molecule has 0 spiro atoms. The molecule has 2 rings (SSSR count). The van der Waals surface area contributed by atoms with E-state index in [-0.39, 0.29) is 12.2 Å². The van der Waals surface area contributed by atoms with Crippen LogP contribution in [0.25, 0.3) is 6.08 Å². The maximum atomic E-state index is 12.2. The molecule has 0 fully saturated rings. The van der Waals surface area contributed by atoms with Gasteiger partial charge in [0.1, 0.15) is 18.2 Å². The number of carbonyl (C=O) groups is 1. The number of carbonyl (C=O) groups excluding carboxylic acids is 1. The highest BCUT2D eigenvalue weighted by atomic mass is 35.5. The van der Waals surface area contributed by atoms with Crippen LogP contribution in [0.5, 0.6) is 0 Å². The van der Waals surface area contributed by atoms with Crippen LogP contribution in [0.15, 0.2) is 35.9 Å². The van der Waals surface area contributed by atoms with Crippen molar-refractivity contribution in [1.82, 2.24) is 4.57 Å². The number of benzene rings is 1. The Morgan fingerprint density at radius 2 is 2.00 bits per heavy atom. The second-order valence-electron chi connectivity index (χ2n) is 5.85. The zero-order valence-corrected chi connectivity index (χ0v) is 15.4. The average Bonchev–Trinajstić information content (AvgIpc) is 2.86. The van der Waals surface area contributed by atoms with Gasteiger partial charge in [-0.2, -0.15) is 5.26 Å². The number of aromatic nitrogens is 1. The number of hydrogen-bond acceptors (Lipinski definition) is 3. The molecule has 2 aromatic rings. The summed E-state index contributed by atoms with van der Waals surface area (Å²) in [6.45, 7) is 7.13. The van der Waals surface area contributed by atoms with E-state index in [0.29, 0.717) is 5.02 Å². The summed E-state index contributed by atoms with van der Waals surface area (Å²) in [5.74, 6) is -0.627. The van der Waals surface area contributed by atoms with Crippen molar-refractivity contribution in [2.75, 3.05) is 0 Å². The number of ether oxygens (including phenoxy) is 1. The fourth-order valence-corrected chi connectivity index (χ4v) is 2.77. The first-order chi connectivity index (χ1) is 12.0. The Balaban J connectivity index is 2.14. The molecule has 5 heteroatoms. The topological polar surface area (TPSA) is 55.0 Å². The molecule has 0 bridgehead atoms. The van der Waals surface area contributed by atoms with E-state index in [0.717, 1.165) is 35.5 Å². The number of rotatable bonds is 6. The molecule has 1 aromatic heterocycles. The molecule has 0 aliphatic heterocycles. The van der Waals surface area contributed by atoms with Crippen molar-refractivity contribution >= 4 is 23.6 Å². The van der Waals surface area contributed by atoms with Gasteiger partial charge in [-0.3, -0.25) is 0 Å². The predicted octanol–water partition coefficient (Wildman–Crippen LogP) is 4.82. The maximum absolute atomic E-state index is 12.2. The van der Waals surface area contributed by atoms with E-state index in [9.17, 15) is 10.1 Å². The largest absolute Gasteiger partial charge is 0.457 e. The summed E-state index contributed by atoms with van der Waals surface area (Å²) >= 11 is 5.83. The third kappa shape index (κ3) is 4.74. The first-order valence-electron chi connectivity index (χ1n) is 8.16. The van der Waals surface area contributed by atoms with Crippen LogP contribution in [-0.4, -0.2) is 10.5 Å². The van der Waals surface area contributed by atoms with Gasteiger partial charge in [-0.05, 0) is 55.7 Å². The van der Waals surface area contributed by atoms with Gasteiger partial charge in [0.05, 0.1) is 0 Å². The van der Waals surface area contributed by atoms with Crippen molar-refractivity contribution in [3.63, 3.8) is 0 Å². The average molecular weight is 357 g/mol. The molecule has 130 valence electrons. The first kappa shape index (κ1) is 18.8. The van der Waals surface area contributed by atoms with Gasteiger partial charge in [0.25, 0.3) is 0 Å². The quantitative estimate of drug-likeness (QED) is 0.423. The summed E-state index contributed by atoms with van der Waals surface area (Å²) in [6.07, 6.45) is 2.62. The SMILES string of the molecule is CCCn1c(C)cc(/C=C(\C#N)C(=O)OCc2ccc(Cl)cc2)c1C. The second kappa shape index (κ2) is 8.55. The molecule has 4 nitrogen and oxygen atoms in total. The van der Waals surface area contributed by atoms with Crippen LogP contribution < -0.4 is 0 Å². The molecule has 0 aliphatic rings. The van der Waals surface area contributed by atoms with E-state index in [1.807, 2.05) is 26.0 Å². The Labute approximate surface area is 153 Å². The van der Waals surface area contributed by atoms with Gasteiger partial charge in [-0.15, -0.1) is 0 Å². The Hall–Kier alpha value is -2.51. The lowest BCUT2D eigenvalue weighted by Crippen LogP contribution is -2.07.